The molecule has 0 bridgehead atoms. The van der Waals surface area contributed by atoms with E-state index in [1.807, 2.05) is 13.8 Å². The van der Waals surface area contributed by atoms with Gasteiger partial charge in [0.1, 0.15) is 0 Å². The maximum absolute atomic E-state index is 4.54. The van der Waals surface area contributed by atoms with Gasteiger partial charge in [0, 0.05) is 0 Å². The maximum atomic E-state index is 4.54. The van der Waals surface area contributed by atoms with Gasteiger partial charge in [-0.2, -0.15) is 0 Å². The van der Waals surface area contributed by atoms with Gasteiger partial charge in [-0.1, -0.05) is 96.4 Å². The Bertz CT molecular complexity index is 238. The highest BCUT2D eigenvalue weighted by atomic mass is 32.1. The summed E-state index contributed by atoms with van der Waals surface area (Å²) in [5.74, 6) is 0. The van der Waals surface area contributed by atoms with Crippen LogP contribution in [0.5, 0.6) is 0 Å². The molecule has 0 radical (unpaired) electrons. The Hall–Kier alpha value is -0.460. The van der Waals surface area contributed by atoms with Crippen molar-refractivity contribution in [3.63, 3.8) is 0 Å². The predicted molar refractivity (Wildman–Crippen MR) is 111 cm³/mol. The largest absolute Gasteiger partial charge is 0.396 e. The minimum atomic E-state index is 0.925. The van der Waals surface area contributed by atoms with Crippen LogP contribution in [0, 0.1) is 0 Å². The summed E-state index contributed by atoms with van der Waals surface area (Å²) < 4.78 is 0. The second-order valence-corrected chi connectivity index (χ2v) is 6.09. The Morgan fingerprint density at radius 3 is 1.62 bits per heavy atom. The van der Waals surface area contributed by atoms with E-state index in [4.69, 9.17) is 0 Å². The quantitative estimate of drug-likeness (QED) is 0.189. The molecule has 0 amide bonds. The molecule has 0 rings (SSSR count). The van der Waals surface area contributed by atoms with E-state index in [1.165, 1.54) is 37.4 Å². The minimum absolute atomic E-state index is 0.925. The van der Waals surface area contributed by atoms with Crippen LogP contribution in [-0.4, -0.2) is 12.2 Å². The Morgan fingerprint density at radius 1 is 1.14 bits per heavy atom. The van der Waals surface area contributed by atoms with E-state index in [-0.39, 0.29) is 0 Å². The minimum Gasteiger partial charge on any atom is -0.396 e. The molecule has 0 heterocycles. The molecule has 0 aromatic carbocycles. The van der Waals surface area contributed by atoms with Crippen molar-refractivity contribution in [1.82, 2.24) is 0 Å². The van der Waals surface area contributed by atoms with Crippen LogP contribution in [0.2, 0.25) is 0 Å². The number of thiocarbonyl (C=S) groups is 1. The van der Waals surface area contributed by atoms with E-state index in [0.29, 0.717) is 0 Å². The first-order chi connectivity index (χ1) is 9.91. The smallest absolute Gasteiger partial charge is 0.0588 e. The van der Waals surface area contributed by atoms with Crippen molar-refractivity contribution in [3.05, 3.63) is 36.2 Å². The summed E-state index contributed by atoms with van der Waals surface area (Å²) >= 11 is 4.05. The molecular weight excluding hydrogens is 293 g/mol. The van der Waals surface area contributed by atoms with Gasteiger partial charge in [-0.15, -0.1) is 6.58 Å². The van der Waals surface area contributed by atoms with Crippen LogP contribution in [-0.2, 0) is 0 Å². The molecule has 21 heavy (non-hydrogen) atoms. The molecule has 0 aliphatic heterocycles. The van der Waals surface area contributed by atoms with Gasteiger partial charge in [-0.05, 0) is 27.4 Å². The molecule has 3 heteroatoms. The number of nitrogens with two attached hydrogens (primary N) is 1. The number of hydrogen-bond donors (Lipinski definition) is 1. The average Bonchev–Trinajstić information content (AvgIpc) is 2.41. The Morgan fingerprint density at radius 2 is 1.48 bits per heavy atom. The number of allylic oxidation sites excluding steroid dienone is 4. The summed E-state index contributed by atoms with van der Waals surface area (Å²) in [7, 11) is 0.925. The monoisotopic (exact) mass is 331 g/mol. The highest BCUT2D eigenvalue weighted by Crippen LogP contribution is 2.18. The third-order valence-corrected chi connectivity index (χ3v) is 3.00. The second-order valence-electron chi connectivity index (χ2n) is 4.53. The van der Waals surface area contributed by atoms with E-state index in [9.17, 15) is 0 Å². The molecule has 126 valence electrons. The van der Waals surface area contributed by atoms with E-state index < -0.39 is 0 Å². The molecule has 0 fully saturated rings. The molecular formula is C18H38NPS. The number of unbranched alkanes of at least 4 members (excludes halogenated alkanes) is 4. The number of rotatable bonds is 6. The molecule has 0 saturated carbocycles. The van der Waals surface area contributed by atoms with Crippen LogP contribution in [0.4, 0.5) is 0 Å². The zero-order valence-corrected chi connectivity index (χ0v) is 17.0. The lowest BCUT2D eigenvalue weighted by molar-refractivity contribution is 0.656. The summed E-state index contributed by atoms with van der Waals surface area (Å²) in [5, 5.41) is 1.43. The van der Waals surface area contributed by atoms with Crippen molar-refractivity contribution in [2.24, 2.45) is 5.73 Å². The molecule has 0 aromatic rings. The summed E-state index contributed by atoms with van der Waals surface area (Å²) in [6, 6.07) is 0. The molecule has 0 spiro atoms. The van der Waals surface area contributed by atoms with Gasteiger partial charge in [0.05, 0.1) is 5.49 Å². The predicted octanol–water partition coefficient (Wildman–Crippen LogP) is 6.85. The van der Waals surface area contributed by atoms with Crippen LogP contribution >= 0.6 is 20.8 Å². The molecule has 2 N–H and O–H groups in total. The van der Waals surface area contributed by atoms with Crippen molar-refractivity contribution in [1.29, 1.82) is 0 Å². The zero-order chi connectivity index (χ0) is 17.5. The van der Waals surface area contributed by atoms with Gasteiger partial charge in [-0.3, -0.25) is 0 Å². The van der Waals surface area contributed by atoms with Crippen molar-refractivity contribution >= 4 is 26.3 Å². The first kappa shape index (κ1) is 28.7. The normalized spacial score (nSPS) is 9.33. The highest BCUT2D eigenvalue weighted by molar-refractivity contribution is 7.78. The Labute approximate surface area is 142 Å². The van der Waals surface area contributed by atoms with Crippen molar-refractivity contribution < 1.29 is 0 Å². The summed E-state index contributed by atoms with van der Waals surface area (Å²) in [5.41, 5.74) is 6.77. The SMILES string of the molecule is C=C(C)/C=C(/C)PC.C=CC.CCCCCCC.NC=S. The topological polar surface area (TPSA) is 26.0 Å². The Kier molecular flexibility index (Phi) is 43.4. The van der Waals surface area contributed by atoms with Gasteiger partial charge >= 0.3 is 0 Å². The average molecular weight is 332 g/mol. The van der Waals surface area contributed by atoms with E-state index in [0.717, 1.165) is 19.6 Å². The maximum Gasteiger partial charge on any atom is 0.0588 e. The molecule has 0 aliphatic carbocycles. The first-order valence-corrected chi connectivity index (χ1v) is 9.62. The summed E-state index contributed by atoms with van der Waals surface area (Å²) in [4.78, 5) is 0. The lowest BCUT2D eigenvalue weighted by atomic mass is 10.2. The van der Waals surface area contributed by atoms with Crippen molar-refractivity contribution in [2.45, 2.75) is 66.7 Å². The zero-order valence-electron chi connectivity index (χ0n) is 15.2. The van der Waals surface area contributed by atoms with Crippen molar-refractivity contribution in [2.75, 3.05) is 6.66 Å². The van der Waals surface area contributed by atoms with E-state index in [2.05, 4.69) is 64.6 Å². The molecule has 1 nitrogen and oxygen atoms in total. The Balaban J connectivity index is -0.000000101. The van der Waals surface area contributed by atoms with Gasteiger partial charge in [0.15, 0.2) is 0 Å². The third-order valence-electron chi connectivity index (χ3n) is 2.06. The first-order valence-electron chi connectivity index (χ1n) is 7.65. The van der Waals surface area contributed by atoms with Crippen molar-refractivity contribution in [3.8, 4) is 0 Å². The molecule has 0 aromatic heterocycles. The van der Waals surface area contributed by atoms with Gasteiger partial charge in [-0.25, -0.2) is 0 Å². The van der Waals surface area contributed by atoms with Crippen LogP contribution < -0.4 is 5.73 Å². The summed E-state index contributed by atoms with van der Waals surface area (Å²) in [6.07, 6.45) is 10.9. The molecule has 0 saturated heterocycles. The van der Waals surface area contributed by atoms with Gasteiger partial charge < -0.3 is 5.73 Å². The fourth-order valence-corrected chi connectivity index (χ4v) is 1.51. The third kappa shape index (κ3) is 66.1. The lowest BCUT2D eigenvalue weighted by Crippen LogP contribution is -1.79. The van der Waals surface area contributed by atoms with Crippen LogP contribution in [0.25, 0.3) is 0 Å². The van der Waals surface area contributed by atoms with Crippen LogP contribution in [0.15, 0.2) is 36.2 Å². The molecule has 1 atom stereocenters. The highest BCUT2D eigenvalue weighted by Gasteiger charge is 1.80. The van der Waals surface area contributed by atoms with E-state index >= 15 is 0 Å². The standard InChI is InChI=1S/C7H13P.C7H16.C3H6.CH3NS/c1-6(2)5-7(3)8-4;1-3-5-7-6-4-2;1-3-2;2-1-3/h5,8H,1H2,2-4H3;3-7H2,1-2H3;3H,1H2,2H3;1H,(H2,2,3)/b7-5-;;;. The van der Waals surface area contributed by atoms with Crippen LogP contribution in [0.1, 0.15) is 66.7 Å². The summed E-state index contributed by atoms with van der Waals surface area (Å²) in [6.45, 7) is 19.8. The van der Waals surface area contributed by atoms with Gasteiger partial charge in [0.2, 0.25) is 0 Å². The fraction of sp³-hybridized carbons (Fsp3) is 0.611. The fourth-order valence-electron chi connectivity index (χ4n) is 1.12. The molecule has 0 aliphatic rings. The van der Waals surface area contributed by atoms with Gasteiger partial charge in [0.25, 0.3) is 0 Å². The lowest BCUT2D eigenvalue weighted by Gasteiger charge is -1.91. The number of hydrogen-bond acceptors (Lipinski definition) is 1. The van der Waals surface area contributed by atoms with Crippen LogP contribution in [0.3, 0.4) is 0 Å². The van der Waals surface area contributed by atoms with E-state index in [1.54, 1.807) is 6.08 Å². The second kappa shape index (κ2) is 31.8. The molecule has 1 unspecified atom stereocenters.